The number of aromatic nitrogens is 3. The van der Waals surface area contributed by atoms with Crippen LogP contribution in [0.2, 0.25) is 0 Å². The van der Waals surface area contributed by atoms with Crippen molar-refractivity contribution < 1.29 is 14.1 Å². The summed E-state index contributed by atoms with van der Waals surface area (Å²) in [6.45, 7) is 4.85. The van der Waals surface area contributed by atoms with Crippen molar-refractivity contribution in [1.82, 2.24) is 20.4 Å². The van der Waals surface area contributed by atoms with Gasteiger partial charge in [-0.2, -0.15) is 0 Å². The molecule has 8 heteroatoms. The Hall–Kier alpha value is -2.48. The third-order valence-corrected chi connectivity index (χ3v) is 4.87. The summed E-state index contributed by atoms with van der Waals surface area (Å²) < 4.78 is 10.6. The molecule has 26 heavy (non-hydrogen) atoms. The molecule has 2 aliphatic heterocycles. The number of hydrogen-bond donors (Lipinski definition) is 1. The van der Waals surface area contributed by atoms with Crippen LogP contribution in [0.5, 0.6) is 0 Å². The Morgan fingerprint density at radius 3 is 3.23 bits per heavy atom. The van der Waals surface area contributed by atoms with Crippen molar-refractivity contribution in [3.63, 3.8) is 0 Å². The van der Waals surface area contributed by atoms with Gasteiger partial charge in [0.1, 0.15) is 0 Å². The molecule has 0 spiro atoms. The highest BCUT2D eigenvalue weighted by atomic mass is 16.5. The van der Waals surface area contributed by atoms with Crippen LogP contribution in [0.15, 0.2) is 16.8 Å². The Morgan fingerprint density at radius 2 is 2.38 bits per heavy atom. The first kappa shape index (κ1) is 17.0. The van der Waals surface area contributed by atoms with Gasteiger partial charge in [-0.1, -0.05) is 12.1 Å². The van der Waals surface area contributed by atoms with Gasteiger partial charge in [0.2, 0.25) is 11.7 Å². The van der Waals surface area contributed by atoms with Gasteiger partial charge in [-0.15, -0.1) is 0 Å². The molecule has 1 amide bonds. The number of carbonyl (C=O) groups excluding carboxylic acids is 1. The fraction of sp³-hybridized carbons (Fsp3) is 0.556. The predicted molar refractivity (Wildman–Crippen MR) is 94.0 cm³/mol. The van der Waals surface area contributed by atoms with Crippen molar-refractivity contribution in [1.29, 1.82) is 0 Å². The highest BCUT2D eigenvalue weighted by Gasteiger charge is 2.25. The van der Waals surface area contributed by atoms with E-state index in [1.54, 1.807) is 6.07 Å². The van der Waals surface area contributed by atoms with E-state index in [1.165, 1.54) is 0 Å². The lowest BCUT2D eigenvalue weighted by Gasteiger charge is -2.33. The Kier molecular flexibility index (Phi) is 4.83. The molecule has 4 heterocycles. The lowest BCUT2D eigenvalue weighted by molar-refractivity contribution is 0.0895. The van der Waals surface area contributed by atoms with Gasteiger partial charge in [-0.3, -0.25) is 4.79 Å². The first-order valence-electron chi connectivity index (χ1n) is 9.17. The van der Waals surface area contributed by atoms with E-state index >= 15 is 0 Å². The first-order valence-corrected chi connectivity index (χ1v) is 9.17. The zero-order valence-corrected chi connectivity index (χ0v) is 14.9. The van der Waals surface area contributed by atoms with Crippen LogP contribution in [0.25, 0.3) is 0 Å². The second-order valence-electron chi connectivity index (χ2n) is 6.74. The van der Waals surface area contributed by atoms with Gasteiger partial charge in [-0.05, 0) is 19.3 Å². The molecule has 0 aliphatic carbocycles. The van der Waals surface area contributed by atoms with Gasteiger partial charge in [0.25, 0.3) is 5.91 Å². The molecule has 1 N–H and O–H groups in total. The van der Waals surface area contributed by atoms with Crippen molar-refractivity contribution in [2.45, 2.75) is 45.3 Å². The van der Waals surface area contributed by atoms with Crippen LogP contribution in [0, 0.1) is 0 Å². The summed E-state index contributed by atoms with van der Waals surface area (Å²) in [4.78, 5) is 23.7. The predicted octanol–water partition coefficient (Wildman–Crippen LogP) is 1.50. The summed E-state index contributed by atoms with van der Waals surface area (Å²) in [6, 6.07) is 1.74. The summed E-state index contributed by atoms with van der Waals surface area (Å²) in [5, 5.41) is 6.92. The number of hydrogen-bond acceptors (Lipinski definition) is 7. The number of fused-ring (bicyclic) bond motifs is 1. The van der Waals surface area contributed by atoms with Crippen LogP contribution in [0.4, 0.5) is 5.95 Å². The third-order valence-electron chi connectivity index (χ3n) is 4.87. The molecule has 2 aliphatic rings. The van der Waals surface area contributed by atoms with Crippen molar-refractivity contribution >= 4 is 11.9 Å². The maximum absolute atomic E-state index is 12.4. The zero-order chi connectivity index (χ0) is 17.9. The Morgan fingerprint density at radius 1 is 1.46 bits per heavy atom. The van der Waals surface area contributed by atoms with Crippen LogP contribution in [-0.4, -0.2) is 46.8 Å². The van der Waals surface area contributed by atoms with Crippen LogP contribution in [-0.2, 0) is 24.2 Å². The van der Waals surface area contributed by atoms with Crippen LogP contribution >= 0.6 is 0 Å². The molecule has 1 saturated heterocycles. The van der Waals surface area contributed by atoms with Gasteiger partial charge >= 0.3 is 0 Å². The first-order chi connectivity index (χ1) is 12.7. The molecule has 1 fully saturated rings. The number of ether oxygens (including phenoxy) is 1. The average Bonchev–Trinajstić information content (AvgIpc) is 3.17. The maximum Gasteiger partial charge on any atom is 0.290 e. The standard InChI is InChI=1S/C18H23N5O3/c1-2-13-8-16(26-22-13)17(24)20-14-4-3-6-23(10-14)18-19-9-12-11-25-7-5-15(12)21-18/h8-9,14H,2-7,10-11H2,1H3,(H,20,24)/t14-/m0/s1. The summed E-state index contributed by atoms with van der Waals surface area (Å²) in [5.74, 6) is 0.786. The van der Waals surface area contributed by atoms with Crippen molar-refractivity contribution in [2.24, 2.45) is 0 Å². The number of aryl methyl sites for hydroxylation is 1. The summed E-state index contributed by atoms with van der Waals surface area (Å²) >= 11 is 0. The highest BCUT2D eigenvalue weighted by molar-refractivity contribution is 5.91. The van der Waals surface area contributed by atoms with E-state index in [-0.39, 0.29) is 17.7 Å². The van der Waals surface area contributed by atoms with E-state index < -0.39 is 0 Å². The molecule has 8 nitrogen and oxygen atoms in total. The van der Waals surface area contributed by atoms with E-state index in [0.29, 0.717) is 19.8 Å². The smallest absolute Gasteiger partial charge is 0.290 e. The number of carbonyl (C=O) groups is 1. The highest BCUT2D eigenvalue weighted by Crippen LogP contribution is 2.20. The lowest BCUT2D eigenvalue weighted by Crippen LogP contribution is -2.48. The third kappa shape index (κ3) is 3.55. The average molecular weight is 357 g/mol. The molecule has 0 bridgehead atoms. The van der Waals surface area contributed by atoms with E-state index in [0.717, 1.165) is 55.1 Å². The van der Waals surface area contributed by atoms with E-state index in [9.17, 15) is 4.79 Å². The maximum atomic E-state index is 12.4. The monoisotopic (exact) mass is 357 g/mol. The second kappa shape index (κ2) is 7.41. The summed E-state index contributed by atoms with van der Waals surface area (Å²) in [6.07, 6.45) is 5.33. The van der Waals surface area contributed by atoms with E-state index in [4.69, 9.17) is 14.2 Å². The quantitative estimate of drug-likeness (QED) is 0.886. The molecule has 2 aromatic rings. The van der Waals surface area contributed by atoms with Gasteiger partial charge < -0.3 is 19.5 Å². The minimum atomic E-state index is -0.215. The van der Waals surface area contributed by atoms with Crippen molar-refractivity contribution in [3.05, 3.63) is 35.0 Å². The van der Waals surface area contributed by atoms with Crippen LogP contribution < -0.4 is 10.2 Å². The van der Waals surface area contributed by atoms with Gasteiger partial charge in [0, 0.05) is 43.4 Å². The molecular weight excluding hydrogens is 334 g/mol. The zero-order valence-electron chi connectivity index (χ0n) is 14.9. The molecule has 2 aromatic heterocycles. The fourth-order valence-corrected chi connectivity index (χ4v) is 3.39. The largest absolute Gasteiger partial charge is 0.376 e. The van der Waals surface area contributed by atoms with Crippen molar-refractivity contribution in [3.8, 4) is 0 Å². The van der Waals surface area contributed by atoms with E-state index in [1.807, 2.05) is 13.1 Å². The van der Waals surface area contributed by atoms with Gasteiger partial charge in [0.15, 0.2) is 0 Å². The number of amides is 1. The molecule has 138 valence electrons. The Bertz CT molecular complexity index is 791. The van der Waals surface area contributed by atoms with Gasteiger partial charge in [0.05, 0.1) is 24.6 Å². The number of nitrogens with one attached hydrogen (secondary N) is 1. The topological polar surface area (TPSA) is 93.4 Å². The molecule has 4 rings (SSSR count). The molecular formula is C18H23N5O3. The summed E-state index contributed by atoms with van der Waals surface area (Å²) in [7, 11) is 0. The Labute approximate surface area is 151 Å². The second-order valence-corrected chi connectivity index (χ2v) is 6.74. The molecule has 1 atom stereocenters. The molecule has 0 unspecified atom stereocenters. The van der Waals surface area contributed by atoms with Gasteiger partial charge in [-0.25, -0.2) is 9.97 Å². The molecule has 0 radical (unpaired) electrons. The van der Waals surface area contributed by atoms with E-state index in [2.05, 4.69) is 20.4 Å². The number of anilines is 1. The molecule has 0 aromatic carbocycles. The SMILES string of the molecule is CCc1cc(C(=O)N[C@H]2CCCN(c3ncc4c(n3)CCOC4)C2)on1. The Balaban J connectivity index is 1.41. The minimum Gasteiger partial charge on any atom is -0.376 e. The number of nitrogens with zero attached hydrogens (tertiary/aromatic N) is 4. The molecule has 0 saturated carbocycles. The van der Waals surface area contributed by atoms with Crippen molar-refractivity contribution in [2.75, 3.05) is 24.6 Å². The van der Waals surface area contributed by atoms with Crippen LogP contribution in [0.3, 0.4) is 0 Å². The number of piperidine rings is 1. The minimum absolute atomic E-state index is 0.0365. The normalized spacial score (nSPS) is 19.9. The summed E-state index contributed by atoms with van der Waals surface area (Å²) in [5.41, 5.74) is 2.92. The fourth-order valence-electron chi connectivity index (χ4n) is 3.39. The lowest BCUT2D eigenvalue weighted by atomic mass is 10.1. The number of rotatable bonds is 4. The van der Waals surface area contributed by atoms with Crippen LogP contribution in [0.1, 0.15) is 47.3 Å².